The van der Waals surface area contributed by atoms with Crippen molar-refractivity contribution in [3.63, 3.8) is 0 Å². The van der Waals surface area contributed by atoms with Crippen LogP contribution in [0.1, 0.15) is 25.0 Å². The number of rotatable bonds is 4. The molecule has 4 aromatic heterocycles. The Hall–Kier alpha value is -5.68. The molecular weight excluding hydrogens is 681 g/mol. The van der Waals surface area contributed by atoms with E-state index in [1.165, 1.54) is 108 Å². The van der Waals surface area contributed by atoms with Gasteiger partial charge in [-0.2, -0.15) is 0 Å². The molecule has 0 aliphatic heterocycles. The molecule has 0 saturated carbocycles. The Kier molecular flexibility index (Phi) is 6.51. The number of nitrogens with zero attached hydrogens (tertiary/aromatic N) is 2. The van der Waals surface area contributed by atoms with Crippen LogP contribution >= 0.6 is 22.7 Å². The van der Waals surface area contributed by atoms with Crippen LogP contribution in [0.2, 0.25) is 0 Å². The van der Waals surface area contributed by atoms with E-state index in [1.807, 2.05) is 22.7 Å². The summed E-state index contributed by atoms with van der Waals surface area (Å²) in [7, 11) is 4.32. The Morgan fingerprint density at radius 1 is 0.377 bits per heavy atom. The third-order valence-corrected chi connectivity index (χ3v) is 14.2. The highest BCUT2D eigenvalue weighted by Crippen LogP contribution is 2.52. The molecule has 0 saturated heterocycles. The van der Waals surface area contributed by atoms with Gasteiger partial charge in [-0.3, -0.25) is 0 Å². The predicted octanol–water partition coefficient (Wildman–Crippen LogP) is 14.1. The minimum Gasteiger partial charge on any atom is -0.344 e. The fraction of sp³-hybridized carbons (Fsp3) is 0.102. The molecule has 1 aliphatic carbocycles. The maximum atomic E-state index is 2.45. The van der Waals surface area contributed by atoms with Crippen LogP contribution in [0.5, 0.6) is 0 Å². The number of hydrogen-bond acceptors (Lipinski definition) is 2. The van der Waals surface area contributed by atoms with Crippen molar-refractivity contribution in [2.45, 2.75) is 19.3 Å². The molecule has 2 nitrogen and oxygen atoms in total. The highest BCUT2D eigenvalue weighted by molar-refractivity contribution is 7.19. The Balaban J connectivity index is 0.907. The first-order chi connectivity index (χ1) is 25.8. The minimum absolute atomic E-state index is 0.102. The van der Waals surface area contributed by atoms with Gasteiger partial charge in [0.05, 0.1) is 0 Å². The van der Waals surface area contributed by atoms with Gasteiger partial charge in [0.2, 0.25) is 0 Å². The number of fused-ring (bicyclic) bond motifs is 9. The van der Waals surface area contributed by atoms with Crippen molar-refractivity contribution >= 4 is 66.3 Å². The number of para-hydroxylation sites is 2. The van der Waals surface area contributed by atoms with Crippen LogP contribution in [0.25, 0.3) is 96.5 Å². The molecule has 1 aliphatic rings. The minimum atomic E-state index is -0.102. The lowest BCUT2D eigenvalue weighted by Crippen LogP contribution is -2.15. The fourth-order valence-electron chi connectivity index (χ4n) is 8.98. The molecule has 10 aromatic rings. The van der Waals surface area contributed by atoms with Crippen LogP contribution in [0.15, 0.2) is 146 Å². The van der Waals surface area contributed by atoms with Gasteiger partial charge in [-0.05, 0) is 117 Å². The lowest BCUT2D eigenvalue weighted by Gasteiger charge is -2.22. The summed E-state index contributed by atoms with van der Waals surface area (Å²) in [5.74, 6) is 0. The Morgan fingerprint density at radius 2 is 0.736 bits per heavy atom. The summed E-state index contributed by atoms with van der Waals surface area (Å²) in [6.45, 7) is 4.79. The molecule has 0 spiro atoms. The van der Waals surface area contributed by atoms with Gasteiger partial charge in [0.25, 0.3) is 0 Å². The smallest absolute Gasteiger partial charge is 0.0489 e. The average molecular weight is 717 g/mol. The summed E-state index contributed by atoms with van der Waals surface area (Å²) >= 11 is 3.77. The molecule has 0 radical (unpaired) electrons. The van der Waals surface area contributed by atoms with E-state index >= 15 is 0 Å². The van der Waals surface area contributed by atoms with E-state index in [9.17, 15) is 0 Å². The summed E-state index contributed by atoms with van der Waals surface area (Å²) in [5.41, 5.74) is 15.6. The number of aryl methyl sites for hydroxylation is 2. The van der Waals surface area contributed by atoms with Crippen molar-refractivity contribution in [1.82, 2.24) is 9.13 Å². The van der Waals surface area contributed by atoms with Gasteiger partial charge in [0.15, 0.2) is 0 Å². The van der Waals surface area contributed by atoms with Crippen LogP contribution in [-0.4, -0.2) is 9.13 Å². The summed E-state index contributed by atoms with van der Waals surface area (Å²) in [4.78, 5) is 5.21. The Labute approximate surface area is 316 Å². The van der Waals surface area contributed by atoms with Crippen LogP contribution in [0.4, 0.5) is 0 Å². The number of aromatic nitrogens is 2. The summed E-state index contributed by atoms with van der Waals surface area (Å²) < 4.78 is 4.60. The Bertz CT molecular complexity index is 2910. The molecule has 0 amide bonds. The second kappa shape index (κ2) is 11.2. The normalized spacial score (nSPS) is 13.4. The molecule has 0 fully saturated rings. The van der Waals surface area contributed by atoms with Gasteiger partial charge in [0.1, 0.15) is 0 Å². The largest absolute Gasteiger partial charge is 0.344 e. The quantitative estimate of drug-likeness (QED) is 0.172. The van der Waals surface area contributed by atoms with E-state index in [2.05, 4.69) is 183 Å². The molecule has 53 heavy (non-hydrogen) atoms. The molecule has 0 bridgehead atoms. The topological polar surface area (TPSA) is 9.86 Å². The van der Waals surface area contributed by atoms with Crippen molar-refractivity contribution in [1.29, 1.82) is 0 Å². The number of hydrogen-bond donors (Lipinski definition) is 0. The van der Waals surface area contributed by atoms with Gasteiger partial charge in [-0.25, -0.2) is 0 Å². The van der Waals surface area contributed by atoms with E-state index in [0.29, 0.717) is 0 Å². The third kappa shape index (κ3) is 4.49. The van der Waals surface area contributed by atoms with Crippen LogP contribution in [0, 0.1) is 0 Å². The Morgan fingerprint density at radius 3 is 1.17 bits per heavy atom. The van der Waals surface area contributed by atoms with E-state index < -0.39 is 0 Å². The van der Waals surface area contributed by atoms with Crippen molar-refractivity contribution in [3.05, 3.63) is 157 Å². The van der Waals surface area contributed by atoms with Gasteiger partial charge in [-0.1, -0.05) is 86.6 Å². The van der Waals surface area contributed by atoms with Gasteiger partial charge in [-0.15, -0.1) is 22.7 Å². The summed E-state index contributed by atoms with van der Waals surface area (Å²) in [6, 6.07) is 54.7. The first-order valence-corrected chi connectivity index (χ1v) is 19.9. The molecule has 254 valence electrons. The van der Waals surface area contributed by atoms with Gasteiger partial charge < -0.3 is 9.13 Å². The SMILES string of the molecule is Cn1c2ccccc2c2cc(-c3ccc(-c4ccc5c(c4)C(C)(C)c4cc(-c6ccc(-c7ccc8c(c7)c7ccccc7n8C)s6)ccc4-5)s3)ccc21. The maximum Gasteiger partial charge on any atom is 0.0489 e. The zero-order valence-electron chi connectivity index (χ0n) is 30.1. The monoisotopic (exact) mass is 716 g/mol. The molecule has 4 heterocycles. The zero-order valence-corrected chi connectivity index (χ0v) is 31.7. The van der Waals surface area contributed by atoms with Crippen molar-refractivity contribution in [3.8, 4) is 52.9 Å². The molecular formula is C49H36N2S2. The first-order valence-electron chi connectivity index (χ1n) is 18.3. The standard InChI is InChI=1S/C49H36N2S2/c1-49(2)39-27-31(47-23-21-45(52-47)29-15-19-43-37(25-29)35-9-5-7-11-41(35)50(43)3)13-17-33(39)34-18-14-32(28-40(34)49)48-24-22-46(53-48)30-16-20-44-38(26-30)36-10-6-8-12-42(36)51(44)4/h5-28H,1-4H3. The van der Waals surface area contributed by atoms with Crippen LogP contribution < -0.4 is 0 Å². The predicted molar refractivity (Wildman–Crippen MR) is 229 cm³/mol. The average Bonchev–Trinajstić information content (AvgIpc) is 4.03. The third-order valence-electron chi connectivity index (χ3n) is 11.9. The molecule has 11 rings (SSSR count). The van der Waals surface area contributed by atoms with E-state index in [4.69, 9.17) is 0 Å². The van der Waals surface area contributed by atoms with E-state index in [0.717, 1.165) is 0 Å². The van der Waals surface area contributed by atoms with Crippen molar-refractivity contribution in [2.75, 3.05) is 0 Å². The highest BCUT2D eigenvalue weighted by atomic mass is 32.1. The van der Waals surface area contributed by atoms with Crippen LogP contribution in [-0.2, 0) is 19.5 Å². The molecule has 0 atom stereocenters. The summed E-state index contributed by atoms with van der Waals surface area (Å²) in [5, 5.41) is 5.25. The fourth-order valence-corrected chi connectivity index (χ4v) is 11.0. The molecule has 4 heteroatoms. The van der Waals surface area contributed by atoms with Crippen LogP contribution in [0.3, 0.4) is 0 Å². The molecule has 0 N–H and O–H groups in total. The maximum absolute atomic E-state index is 2.45. The summed E-state index contributed by atoms with van der Waals surface area (Å²) in [6.07, 6.45) is 0. The lowest BCUT2D eigenvalue weighted by molar-refractivity contribution is 0.661. The van der Waals surface area contributed by atoms with Crippen molar-refractivity contribution < 1.29 is 0 Å². The first kappa shape index (κ1) is 30.9. The lowest BCUT2D eigenvalue weighted by atomic mass is 9.81. The zero-order chi connectivity index (χ0) is 35.6. The number of thiophene rings is 2. The van der Waals surface area contributed by atoms with Crippen molar-refractivity contribution in [2.24, 2.45) is 14.1 Å². The van der Waals surface area contributed by atoms with Gasteiger partial charge in [0, 0.05) is 82.6 Å². The van der Waals surface area contributed by atoms with Gasteiger partial charge >= 0.3 is 0 Å². The second-order valence-electron chi connectivity index (χ2n) is 15.1. The second-order valence-corrected chi connectivity index (χ2v) is 17.3. The number of benzene rings is 6. The molecule has 0 unspecified atom stereocenters. The molecule has 6 aromatic carbocycles. The van der Waals surface area contributed by atoms with E-state index in [-0.39, 0.29) is 5.41 Å². The van der Waals surface area contributed by atoms with E-state index in [1.54, 1.807) is 0 Å². The highest BCUT2D eigenvalue weighted by Gasteiger charge is 2.36.